The molecule has 4 aromatic rings. The second-order valence-electron chi connectivity index (χ2n) is 10.3. The van der Waals surface area contributed by atoms with E-state index in [0.29, 0.717) is 12.3 Å². The Balaban J connectivity index is 1.26. The molecule has 2 aliphatic rings. The average Bonchev–Trinajstić information content (AvgIpc) is 3.41. The number of nitrogens with zero attached hydrogens (tertiary/aromatic N) is 5. The molecule has 6 rings (SSSR count). The van der Waals surface area contributed by atoms with Gasteiger partial charge in [-0.05, 0) is 48.6 Å². The van der Waals surface area contributed by atoms with Gasteiger partial charge >= 0.3 is 0 Å². The first-order valence-electron chi connectivity index (χ1n) is 13.1. The lowest BCUT2D eigenvalue weighted by molar-refractivity contribution is -0.124. The van der Waals surface area contributed by atoms with Gasteiger partial charge in [0.2, 0.25) is 5.91 Å². The first-order chi connectivity index (χ1) is 19.3. The lowest BCUT2D eigenvalue weighted by atomic mass is 9.98. The van der Waals surface area contributed by atoms with Crippen LogP contribution in [0.3, 0.4) is 0 Å². The van der Waals surface area contributed by atoms with Gasteiger partial charge in [0.05, 0.1) is 23.2 Å². The zero-order chi connectivity index (χ0) is 27.9. The van der Waals surface area contributed by atoms with Gasteiger partial charge in [-0.3, -0.25) is 9.10 Å². The van der Waals surface area contributed by atoms with Crippen LogP contribution in [-0.4, -0.2) is 65.3 Å². The lowest BCUT2D eigenvalue weighted by Crippen LogP contribution is -2.50. The van der Waals surface area contributed by atoms with Crippen molar-refractivity contribution in [2.45, 2.75) is 36.4 Å². The van der Waals surface area contributed by atoms with Gasteiger partial charge in [-0.15, -0.1) is 5.10 Å². The van der Waals surface area contributed by atoms with E-state index in [4.69, 9.17) is 4.74 Å². The van der Waals surface area contributed by atoms with Gasteiger partial charge in [0.25, 0.3) is 10.0 Å². The predicted octanol–water partition coefficient (Wildman–Crippen LogP) is 3.07. The van der Waals surface area contributed by atoms with Crippen molar-refractivity contribution >= 4 is 26.7 Å². The van der Waals surface area contributed by atoms with Crippen LogP contribution >= 0.6 is 0 Å². The molecule has 0 saturated heterocycles. The average molecular weight is 559 g/mol. The number of carbonyl (C=O) groups is 1. The van der Waals surface area contributed by atoms with Crippen LogP contribution in [-0.2, 0) is 27.8 Å². The molecule has 11 heteroatoms. The molecule has 10 nitrogen and oxygen atoms in total. The van der Waals surface area contributed by atoms with Crippen LogP contribution in [0.4, 0.5) is 0 Å². The molecule has 1 amide bonds. The first-order valence-corrected chi connectivity index (χ1v) is 14.5. The summed E-state index contributed by atoms with van der Waals surface area (Å²) >= 11 is 0. The predicted molar refractivity (Wildman–Crippen MR) is 150 cm³/mol. The van der Waals surface area contributed by atoms with Gasteiger partial charge in [-0.25, -0.2) is 13.1 Å². The Morgan fingerprint density at radius 1 is 1.07 bits per heavy atom. The number of carbonyl (C=O) groups excluding carboxylic acids is 1. The molecule has 0 fully saturated rings. The monoisotopic (exact) mass is 558 g/mol. The Kier molecular flexibility index (Phi) is 6.77. The third kappa shape index (κ3) is 4.93. The normalized spacial score (nSPS) is 19.0. The summed E-state index contributed by atoms with van der Waals surface area (Å²) in [5, 5.41) is 13.1. The molecule has 0 radical (unpaired) electrons. The largest absolute Gasteiger partial charge is 0.493 e. The highest BCUT2D eigenvalue weighted by Crippen LogP contribution is 2.35. The van der Waals surface area contributed by atoms with E-state index in [1.165, 1.54) is 12.4 Å². The highest BCUT2D eigenvalue weighted by Gasteiger charge is 2.36. The van der Waals surface area contributed by atoms with Crippen molar-refractivity contribution in [1.29, 1.82) is 0 Å². The van der Waals surface area contributed by atoms with Crippen LogP contribution < -0.4 is 10.1 Å². The summed E-state index contributed by atoms with van der Waals surface area (Å²) < 4.78 is 36.2. The van der Waals surface area contributed by atoms with E-state index in [-0.39, 0.29) is 17.4 Å². The molecule has 0 aliphatic carbocycles. The second kappa shape index (κ2) is 10.4. The smallest absolute Gasteiger partial charge is 0.264 e. The third-order valence-electron chi connectivity index (χ3n) is 7.22. The Morgan fingerprint density at radius 2 is 1.90 bits per heavy atom. The minimum absolute atomic E-state index is 0.0703. The highest BCUT2D eigenvalue weighted by atomic mass is 32.2. The maximum absolute atomic E-state index is 13.7. The topological polar surface area (TPSA) is 110 Å². The van der Waals surface area contributed by atoms with Gasteiger partial charge in [-0.2, -0.15) is 0 Å². The molecule has 2 aliphatic heterocycles. The van der Waals surface area contributed by atoms with Crippen molar-refractivity contribution in [1.82, 2.24) is 29.5 Å². The fourth-order valence-corrected chi connectivity index (χ4v) is 6.78. The fraction of sp³-hybridized carbons (Fsp3) is 0.276. The van der Waals surface area contributed by atoms with Crippen molar-refractivity contribution in [2.24, 2.45) is 0 Å². The molecule has 1 N–H and O–H groups in total. The summed E-state index contributed by atoms with van der Waals surface area (Å²) in [4.78, 5) is 15.2. The van der Waals surface area contributed by atoms with Gasteiger partial charge in [-0.1, -0.05) is 47.7 Å². The Bertz CT molecular complexity index is 1710. The van der Waals surface area contributed by atoms with Crippen molar-refractivity contribution in [3.63, 3.8) is 0 Å². The Labute approximate surface area is 232 Å². The number of ether oxygens (including phenoxy) is 1. The number of fused-ring (bicyclic) bond motifs is 2. The van der Waals surface area contributed by atoms with Crippen LogP contribution in [0.15, 0.2) is 84.2 Å². The van der Waals surface area contributed by atoms with Crippen LogP contribution in [0.25, 0.3) is 10.8 Å². The molecule has 0 spiro atoms. The van der Waals surface area contributed by atoms with Crippen molar-refractivity contribution in [3.05, 3.63) is 96.1 Å². The minimum Gasteiger partial charge on any atom is -0.493 e. The van der Waals surface area contributed by atoms with Gasteiger partial charge in [0.15, 0.2) is 0 Å². The number of hydrogen-bond acceptors (Lipinski definition) is 7. The first kappa shape index (κ1) is 26.0. The van der Waals surface area contributed by atoms with Crippen molar-refractivity contribution in [3.8, 4) is 5.75 Å². The van der Waals surface area contributed by atoms with Crippen molar-refractivity contribution in [2.75, 3.05) is 20.7 Å². The molecule has 2 atom stereocenters. The van der Waals surface area contributed by atoms with E-state index in [2.05, 4.69) is 38.7 Å². The highest BCUT2D eigenvalue weighted by molar-refractivity contribution is 7.89. The summed E-state index contributed by atoms with van der Waals surface area (Å²) in [5.74, 6) is 0.406. The zero-order valence-electron chi connectivity index (χ0n) is 22.3. The number of benzene rings is 3. The van der Waals surface area contributed by atoms with Gasteiger partial charge < -0.3 is 15.0 Å². The van der Waals surface area contributed by atoms with E-state index in [0.717, 1.165) is 44.9 Å². The number of rotatable bonds is 7. The maximum Gasteiger partial charge on any atom is 0.264 e. The van der Waals surface area contributed by atoms with Crippen LogP contribution in [0.1, 0.15) is 29.3 Å². The lowest BCUT2D eigenvalue weighted by Gasteiger charge is -2.31. The van der Waals surface area contributed by atoms with E-state index in [1.54, 1.807) is 29.1 Å². The zero-order valence-corrected chi connectivity index (χ0v) is 23.1. The molecule has 0 bridgehead atoms. The summed E-state index contributed by atoms with van der Waals surface area (Å²) in [5.41, 5.74) is 2.70. The number of amides is 1. The summed E-state index contributed by atoms with van der Waals surface area (Å²) in [7, 11) is 0.0374. The van der Waals surface area contributed by atoms with E-state index < -0.39 is 22.0 Å². The summed E-state index contributed by atoms with van der Waals surface area (Å²) in [6.07, 6.45) is 5.32. The van der Waals surface area contributed by atoms with Crippen LogP contribution in [0, 0.1) is 0 Å². The summed E-state index contributed by atoms with van der Waals surface area (Å²) in [6.45, 7) is 1.36. The minimum atomic E-state index is -4.01. The Hall–Kier alpha value is -4.22. The maximum atomic E-state index is 13.7. The second-order valence-corrected chi connectivity index (χ2v) is 12.2. The van der Waals surface area contributed by atoms with E-state index in [9.17, 15) is 13.2 Å². The molecule has 2 unspecified atom stereocenters. The Morgan fingerprint density at radius 3 is 2.73 bits per heavy atom. The molecule has 0 saturated carbocycles. The molecular weight excluding hydrogens is 528 g/mol. The molecular formula is C29H30N6O4S. The SMILES string of the molecule is CN(C)Cc1ccc2c(c1)OCCC2n1cc(CC2C(=O)NC=CN2S(=O)(=O)c2ccc3ccccc3c2)nn1. The third-order valence-corrected chi connectivity index (χ3v) is 9.00. The number of sulfonamides is 1. The molecule has 3 heterocycles. The molecule has 206 valence electrons. The van der Waals surface area contributed by atoms with Crippen LogP contribution in [0.5, 0.6) is 5.75 Å². The number of hydrogen-bond donors (Lipinski definition) is 1. The van der Waals surface area contributed by atoms with Crippen LogP contribution in [0.2, 0.25) is 0 Å². The van der Waals surface area contributed by atoms with E-state index in [1.807, 2.05) is 38.4 Å². The molecule has 1 aromatic heterocycles. The van der Waals surface area contributed by atoms with Gasteiger partial charge in [0.1, 0.15) is 11.8 Å². The van der Waals surface area contributed by atoms with E-state index >= 15 is 0 Å². The number of nitrogens with one attached hydrogen (secondary N) is 1. The fourth-order valence-electron chi connectivity index (χ4n) is 5.30. The quantitative estimate of drug-likeness (QED) is 0.371. The van der Waals surface area contributed by atoms with Gasteiger partial charge in [0, 0.05) is 43.5 Å². The number of aromatic nitrogens is 3. The standard InChI is InChI=1S/C29H30N6O4S/c1-33(2)18-20-7-10-25-26(11-14-39-28(25)15-20)34-19-23(31-32-34)17-27-29(36)30-12-13-35(27)40(37,38)24-9-8-21-5-3-4-6-22(21)16-24/h3-10,12-13,15-16,19,26-27H,11,14,17-18H2,1-2H3,(H,30,36). The van der Waals surface area contributed by atoms with Crippen molar-refractivity contribution < 1.29 is 17.9 Å². The molecule has 40 heavy (non-hydrogen) atoms. The summed E-state index contributed by atoms with van der Waals surface area (Å²) in [6, 6.07) is 17.6. The molecule has 3 aromatic carbocycles.